The minimum Gasteiger partial charge on any atom is -0.365 e. The quantitative estimate of drug-likeness (QED) is 0.547. The van der Waals surface area contributed by atoms with E-state index in [0.717, 1.165) is 35.7 Å². The largest absolute Gasteiger partial charge is 0.365 e. The summed E-state index contributed by atoms with van der Waals surface area (Å²) in [4.78, 5) is 12.7. The van der Waals surface area contributed by atoms with Crippen LogP contribution in [0.4, 0.5) is 11.4 Å². The standard InChI is InChI=1S/C17H15N5O2/c23-22(24)14-7-5-13(6-8-14)11-20-10-9-17-19-18-12-21(17)16-4-2-1-3-15(16)20/h1-8,12H,9-11H2. The van der Waals surface area contributed by atoms with Gasteiger partial charge in [-0.15, -0.1) is 10.2 Å². The van der Waals surface area contributed by atoms with E-state index in [4.69, 9.17) is 0 Å². The number of benzene rings is 2. The first kappa shape index (κ1) is 14.4. The Kier molecular flexibility index (Phi) is 3.45. The highest BCUT2D eigenvalue weighted by atomic mass is 16.6. The van der Waals surface area contributed by atoms with Gasteiger partial charge in [-0.3, -0.25) is 14.7 Å². The number of hydrogen-bond donors (Lipinski definition) is 0. The predicted molar refractivity (Wildman–Crippen MR) is 89.2 cm³/mol. The minimum atomic E-state index is -0.378. The number of fused-ring (bicyclic) bond motifs is 3. The molecule has 0 spiro atoms. The van der Waals surface area contributed by atoms with Gasteiger partial charge in [0.05, 0.1) is 16.3 Å². The van der Waals surface area contributed by atoms with Crippen molar-refractivity contribution < 1.29 is 4.92 Å². The van der Waals surface area contributed by atoms with Crippen molar-refractivity contribution >= 4 is 11.4 Å². The molecule has 7 heteroatoms. The maximum absolute atomic E-state index is 10.8. The molecular formula is C17H15N5O2. The van der Waals surface area contributed by atoms with Crippen LogP contribution >= 0.6 is 0 Å². The highest BCUT2D eigenvalue weighted by molar-refractivity contribution is 5.64. The van der Waals surface area contributed by atoms with E-state index in [1.54, 1.807) is 18.5 Å². The molecule has 0 amide bonds. The monoisotopic (exact) mass is 321 g/mol. The van der Waals surface area contributed by atoms with E-state index >= 15 is 0 Å². The fraction of sp³-hybridized carbons (Fsp3) is 0.176. The minimum absolute atomic E-state index is 0.112. The molecule has 0 saturated heterocycles. The summed E-state index contributed by atoms with van der Waals surface area (Å²) >= 11 is 0. The zero-order valence-corrected chi connectivity index (χ0v) is 12.9. The van der Waals surface area contributed by atoms with Crippen molar-refractivity contribution in [1.82, 2.24) is 14.8 Å². The Morgan fingerprint density at radius 3 is 2.58 bits per heavy atom. The van der Waals surface area contributed by atoms with Crippen molar-refractivity contribution in [3.63, 3.8) is 0 Å². The third kappa shape index (κ3) is 2.50. The van der Waals surface area contributed by atoms with Crippen LogP contribution in [0.5, 0.6) is 0 Å². The van der Waals surface area contributed by atoms with Gasteiger partial charge in [-0.05, 0) is 17.7 Å². The number of anilines is 1. The molecule has 0 bridgehead atoms. The van der Waals surface area contributed by atoms with Crippen molar-refractivity contribution in [2.45, 2.75) is 13.0 Å². The number of hydrogen-bond acceptors (Lipinski definition) is 5. The Morgan fingerprint density at radius 1 is 1.08 bits per heavy atom. The average molecular weight is 321 g/mol. The Hall–Kier alpha value is -3.22. The van der Waals surface area contributed by atoms with Gasteiger partial charge in [0.1, 0.15) is 12.2 Å². The van der Waals surface area contributed by atoms with Gasteiger partial charge in [-0.25, -0.2) is 0 Å². The maximum atomic E-state index is 10.8. The van der Waals surface area contributed by atoms with E-state index in [0.29, 0.717) is 6.54 Å². The molecule has 4 rings (SSSR count). The van der Waals surface area contributed by atoms with Crippen LogP contribution in [0.2, 0.25) is 0 Å². The summed E-state index contributed by atoms with van der Waals surface area (Å²) in [6.07, 6.45) is 2.53. The van der Waals surface area contributed by atoms with Gasteiger partial charge in [-0.1, -0.05) is 24.3 Å². The number of nitro groups is 1. The van der Waals surface area contributed by atoms with Crippen molar-refractivity contribution in [1.29, 1.82) is 0 Å². The third-order valence-electron chi connectivity index (χ3n) is 4.23. The smallest absolute Gasteiger partial charge is 0.269 e. The average Bonchev–Trinajstić information content (AvgIpc) is 3.02. The van der Waals surface area contributed by atoms with Crippen molar-refractivity contribution in [3.05, 3.63) is 76.4 Å². The fourth-order valence-electron chi connectivity index (χ4n) is 3.03. The lowest BCUT2D eigenvalue weighted by molar-refractivity contribution is -0.384. The lowest BCUT2D eigenvalue weighted by atomic mass is 10.1. The molecule has 0 fully saturated rings. The van der Waals surface area contributed by atoms with Crippen LogP contribution in [0.25, 0.3) is 5.69 Å². The molecule has 120 valence electrons. The van der Waals surface area contributed by atoms with Gasteiger partial charge in [0, 0.05) is 31.6 Å². The van der Waals surface area contributed by atoms with Crippen LogP contribution in [0.1, 0.15) is 11.4 Å². The summed E-state index contributed by atoms with van der Waals surface area (Å²) in [5.41, 5.74) is 3.31. The molecule has 1 aliphatic rings. The normalized spacial score (nSPS) is 13.1. The zero-order chi connectivity index (χ0) is 16.5. The van der Waals surface area contributed by atoms with Crippen LogP contribution in [0.3, 0.4) is 0 Å². The first-order valence-electron chi connectivity index (χ1n) is 7.69. The second-order valence-electron chi connectivity index (χ2n) is 5.70. The second kappa shape index (κ2) is 5.77. The van der Waals surface area contributed by atoms with Crippen LogP contribution in [0, 0.1) is 10.1 Å². The molecule has 0 saturated carbocycles. The van der Waals surface area contributed by atoms with E-state index in [2.05, 4.69) is 27.2 Å². The topological polar surface area (TPSA) is 77.1 Å². The summed E-state index contributed by atoms with van der Waals surface area (Å²) in [5.74, 6) is 0.939. The second-order valence-corrected chi connectivity index (χ2v) is 5.70. The summed E-state index contributed by atoms with van der Waals surface area (Å²) in [6.45, 7) is 1.50. The molecule has 7 nitrogen and oxygen atoms in total. The molecule has 0 unspecified atom stereocenters. The number of para-hydroxylation sites is 2. The van der Waals surface area contributed by atoms with E-state index in [-0.39, 0.29) is 10.6 Å². The molecule has 3 aromatic rings. The highest BCUT2D eigenvalue weighted by Gasteiger charge is 2.20. The van der Waals surface area contributed by atoms with Crippen molar-refractivity contribution in [3.8, 4) is 5.69 Å². The molecule has 1 aliphatic heterocycles. The van der Waals surface area contributed by atoms with Gasteiger partial charge in [0.25, 0.3) is 5.69 Å². The van der Waals surface area contributed by atoms with Crippen LogP contribution < -0.4 is 4.90 Å². The number of nitro benzene ring substituents is 1. The summed E-state index contributed by atoms with van der Waals surface area (Å²) in [7, 11) is 0. The summed E-state index contributed by atoms with van der Waals surface area (Å²) in [5, 5.41) is 19.0. The van der Waals surface area contributed by atoms with Crippen molar-refractivity contribution in [2.24, 2.45) is 0 Å². The molecule has 24 heavy (non-hydrogen) atoms. The number of aromatic nitrogens is 3. The molecule has 0 N–H and O–H groups in total. The van der Waals surface area contributed by atoms with E-state index in [9.17, 15) is 10.1 Å². The SMILES string of the molecule is O=[N+]([O-])c1ccc(CN2CCc3nncn3-c3ccccc32)cc1. The fourth-order valence-corrected chi connectivity index (χ4v) is 3.03. The molecular weight excluding hydrogens is 306 g/mol. The van der Waals surface area contributed by atoms with Crippen molar-refractivity contribution in [2.75, 3.05) is 11.4 Å². The van der Waals surface area contributed by atoms with Gasteiger partial charge < -0.3 is 4.90 Å². The Morgan fingerprint density at radius 2 is 1.83 bits per heavy atom. The van der Waals surface area contributed by atoms with E-state index in [1.165, 1.54) is 0 Å². The van der Waals surface area contributed by atoms with Crippen LogP contribution in [-0.2, 0) is 13.0 Å². The lowest BCUT2D eigenvalue weighted by Crippen LogP contribution is -2.24. The number of rotatable bonds is 3. The third-order valence-corrected chi connectivity index (χ3v) is 4.23. The molecule has 2 heterocycles. The van der Waals surface area contributed by atoms with Gasteiger partial charge in [0.15, 0.2) is 0 Å². The van der Waals surface area contributed by atoms with Gasteiger partial charge >= 0.3 is 0 Å². The van der Waals surface area contributed by atoms with Crippen LogP contribution in [-0.4, -0.2) is 26.2 Å². The summed E-state index contributed by atoms with van der Waals surface area (Å²) < 4.78 is 2.02. The maximum Gasteiger partial charge on any atom is 0.269 e. The predicted octanol–water partition coefficient (Wildman–Crippen LogP) is 2.74. The molecule has 1 aromatic heterocycles. The molecule has 0 atom stereocenters. The highest BCUT2D eigenvalue weighted by Crippen LogP contribution is 2.29. The molecule has 0 radical (unpaired) electrons. The first-order chi connectivity index (χ1) is 11.7. The lowest BCUT2D eigenvalue weighted by Gasteiger charge is -2.24. The number of nitrogens with zero attached hydrogens (tertiary/aromatic N) is 5. The molecule has 0 aliphatic carbocycles. The Bertz CT molecular complexity index is 888. The van der Waals surface area contributed by atoms with Gasteiger partial charge in [-0.2, -0.15) is 0 Å². The number of non-ortho nitro benzene ring substituents is 1. The Labute approximate surface area is 138 Å². The molecule has 2 aromatic carbocycles. The Balaban J connectivity index is 1.67. The van der Waals surface area contributed by atoms with Gasteiger partial charge in [0.2, 0.25) is 0 Å². The zero-order valence-electron chi connectivity index (χ0n) is 12.9. The first-order valence-corrected chi connectivity index (χ1v) is 7.69. The summed E-state index contributed by atoms with van der Waals surface area (Å²) in [6, 6.07) is 14.9. The van der Waals surface area contributed by atoms with E-state index in [1.807, 2.05) is 28.8 Å². The van der Waals surface area contributed by atoms with Crippen LogP contribution in [0.15, 0.2) is 54.9 Å². The van der Waals surface area contributed by atoms with E-state index < -0.39 is 0 Å².